The Kier molecular flexibility index (Phi) is 4.42. The van der Waals surface area contributed by atoms with E-state index in [0.29, 0.717) is 12.1 Å². The highest BCUT2D eigenvalue weighted by molar-refractivity contribution is 5.96. The number of hydrogen-bond acceptors (Lipinski definition) is 3. The normalized spacial score (nSPS) is 11.1. The number of amides is 1. The molecule has 1 rings (SSSR count). The van der Waals surface area contributed by atoms with Crippen LogP contribution in [0, 0.1) is 5.41 Å². The highest BCUT2D eigenvalue weighted by Gasteiger charge is 2.17. The number of aromatic carboxylic acids is 1. The van der Waals surface area contributed by atoms with Crippen LogP contribution in [0.2, 0.25) is 0 Å². The summed E-state index contributed by atoms with van der Waals surface area (Å²) in [6.45, 7) is 6.72. The number of nitrogens with zero attached hydrogens (tertiary/aromatic N) is 1. The highest BCUT2D eigenvalue weighted by atomic mass is 16.4. The van der Waals surface area contributed by atoms with Gasteiger partial charge in [-0.3, -0.25) is 4.79 Å². The van der Waals surface area contributed by atoms with Gasteiger partial charge < -0.3 is 10.4 Å². The maximum Gasteiger partial charge on any atom is 0.354 e. The van der Waals surface area contributed by atoms with Gasteiger partial charge in [0.2, 0.25) is 0 Å². The van der Waals surface area contributed by atoms with E-state index in [9.17, 15) is 9.59 Å². The summed E-state index contributed by atoms with van der Waals surface area (Å²) in [6.07, 6.45) is 2.27. The van der Waals surface area contributed by atoms with Gasteiger partial charge in [-0.1, -0.05) is 20.8 Å². The molecule has 0 aliphatic heterocycles. The predicted molar refractivity (Wildman–Crippen MR) is 67.6 cm³/mol. The van der Waals surface area contributed by atoms with Gasteiger partial charge >= 0.3 is 5.97 Å². The minimum Gasteiger partial charge on any atom is -0.477 e. The molecular weight excluding hydrogens is 232 g/mol. The summed E-state index contributed by atoms with van der Waals surface area (Å²) in [7, 11) is 0. The van der Waals surface area contributed by atoms with Crippen LogP contribution in [-0.2, 0) is 0 Å². The first-order valence-corrected chi connectivity index (χ1v) is 5.83. The summed E-state index contributed by atoms with van der Waals surface area (Å²) in [5.41, 5.74) is 0.213. The van der Waals surface area contributed by atoms with E-state index in [0.717, 1.165) is 6.42 Å². The number of rotatable bonds is 5. The van der Waals surface area contributed by atoms with Crippen molar-refractivity contribution in [2.24, 2.45) is 5.41 Å². The van der Waals surface area contributed by atoms with Crippen molar-refractivity contribution in [3.8, 4) is 0 Å². The maximum atomic E-state index is 11.9. The van der Waals surface area contributed by atoms with Gasteiger partial charge in [0.25, 0.3) is 5.91 Å². The largest absolute Gasteiger partial charge is 0.477 e. The van der Waals surface area contributed by atoms with E-state index >= 15 is 0 Å². The second-order valence-corrected chi connectivity index (χ2v) is 4.94. The van der Waals surface area contributed by atoms with Gasteiger partial charge in [-0.25, -0.2) is 9.78 Å². The fraction of sp³-hybridized carbons (Fsp3) is 0.462. The van der Waals surface area contributed by atoms with E-state index < -0.39 is 5.97 Å². The van der Waals surface area contributed by atoms with Crippen LogP contribution >= 0.6 is 0 Å². The number of nitrogens with one attached hydrogen (secondary N) is 1. The molecule has 1 heterocycles. The number of carbonyl (C=O) groups is 2. The molecule has 1 aromatic heterocycles. The molecule has 0 aliphatic carbocycles. The zero-order valence-electron chi connectivity index (χ0n) is 10.9. The third-order valence-electron chi connectivity index (χ3n) is 2.93. The molecule has 0 radical (unpaired) electrons. The summed E-state index contributed by atoms with van der Waals surface area (Å²) in [5, 5.41) is 11.6. The highest BCUT2D eigenvalue weighted by Crippen LogP contribution is 2.17. The number of hydrogen-bond donors (Lipinski definition) is 2. The molecule has 5 nitrogen and oxygen atoms in total. The molecule has 98 valence electrons. The Morgan fingerprint density at radius 2 is 2.11 bits per heavy atom. The van der Waals surface area contributed by atoms with Crippen LogP contribution in [0.4, 0.5) is 0 Å². The molecule has 0 saturated heterocycles. The van der Waals surface area contributed by atoms with E-state index in [1.54, 1.807) is 0 Å². The van der Waals surface area contributed by atoms with Crippen molar-refractivity contribution in [3.05, 3.63) is 29.6 Å². The lowest BCUT2D eigenvalue weighted by molar-refractivity contribution is 0.0690. The molecule has 18 heavy (non-hydrogen) atoms. The monoisotopic (exact) mass is 250 g/mol. The third kappa shape index (κ3) is 3.84. The molecule has 1 aromatic rings. The lowest BCUT2D eigenvalue weighted by Crippen LogP contribution is -2.33. The quantitative estimate of drug-likeness (QED) is 0.837. The number of aromatic nitrogens is 1. The van der Waals surface area contributed by atoms with E-state index in [4.69, 9.17) is 5.11 Å². The molecule has 2 N–H and O–H groups in total. The maximum absolute atomic E-state index is 11.9. The summed E-state index contributed by atoms with van der Waals surface area (Å²) in [4.78, 5) is 26.3. The van der Waals surface area contributed by atoms with Crippen molar-refractivity contribution in [2.75, 3.05) is 6.54 Å². The Labute approximate surface area is 106 Å². The number of carboxylic acid groups (broad SMARTS) is 1. The summed E-state index contributed by atoms with van der Waals surface area (Å²) in [5.74, 6) is -1.42. The fourth-order valence-corrected chi connectivity index (χ4v) is 1.24. The second-order valence-electron chi connectivity index (χ2n) is 4.94. The smallest absolute Gasteiger partial charge is 0.354 e. The summed E-state index contributed by atoms with van der Waals surface area (Å²) < 4.78 is 0. The van der Waals surface area contributed by atoms with Crippen LogP contribution in [0.1, 0.15) is 48.0 Å². The van der Waals surface area contributed by atoms with Gasteiger partial charge in [0.05, 0.1) is 0 Å². The molecule has 0 fully saturated rings. The van der Waals surface area contributed by atoms with Gasteiger partial charge in [0.15, 0.2) is 0 Å². The van der Waals surface area contributed by atoms with Crippen molar-refractivity contribution in [2.45, 2.75) is 27.2 Å². The Morgan fingerprint density at radius 1 is 1.44 bits per heavy atom. The van der Waals surface area contributed by atoms with Crippen LogP contribution in [0.25, 0.3) is 0 Å². The predicted octanol–water partition coefficient (Wildman–Crippen LogP) is 1.95. The van der Waals surface area contributed by atoms with Crippen molar-refractivity contribution < 1.29 is 14.7 Å². The van der Waals surface area contributed by atoms with Crippen LogP contribution in [0.15, 0.2) is 18.3 Å². The Bertz CT molecular complexity index is 455. The number of pyridine rings is 1. The molecule has 0 unspecified atom stereocenters. The average Bonchev–Trinajstić information content (AvgIpc) is 2.36. The number of carbonyl (C=O) groups excluding carboxylic acids is 1. The average molecular weight is 250 g/mol. The second kappa shape index (κ2) is 5.62. The first kappa shape index (κ1) is 14.2. The van der Waals surface area contributed by atoms with Crippen molar-refractivity contribution in [1.29, 1.82) is 0 Å². The van der Waals surface area contributed by atoms with Crippen molar-refractivity contribution in [1.82, 2.24) is 10.3 Å². The Morgan fingerprint density at radius 3 is 2.67 bits per heavy atom. The van der Waals surface area contributed by atoms with Gasteiger partial charge in [0, 0.05) is 18.3 Å². The van der Waals surface area contributed by atoms with Crippen LogP contribution in [0.5, 0.6) is 0 Å². The first-order valence-electron chi connectivity index (χ1n) is 5.83. The Balaban J connectivity index is 2.73. The fourth-order valence-electron chi connectivity index (χ4n) is 1.24. The lowest BCUT2D eigenvalue weighted by Gasteiger charge is -2.22. The minimum atomic E-state index is -1.14. The third-order valence-corrected chi connectivity index (χ3v) is 2.93. The van der Waals surface area contributed by atoms with E-state index in [2.05, 4.69) is 31.1 Å². The Hall–Kier alpha value is -1.91. The topological polar surface area (TPSA) is 79.3 Å². The van der Waals surface area contributed by atoms with E-state index in [1.807, 2.05) is 0 Å². The summed E-state index contributed by atoms with van der Waals surface area (Å²) >= 11 is 0. The van der Waals surface area contributed by atoms with Gasteiger partial charge in [-0.2, -0.15) is 0 Å². The molecule has 0 bridgehead atoms. The minimum absolute atomic E-state index is 0.0261. The molecule has 0 aromatic carbocycles. The first-order chi connectivity index (χ1) is 8.35. The molecule has 1 amide bonds. The molecule has 0 spiro atoms. The van der Waals surface area contributed by atoms with Crippen LogP contribution < -0.4 is 5.32 Å². The van der Waals surface area contributed by atoms with Gasteiger partial charge in [-0.15, -0.1) is 0 Å². The molecule has 0 atom stereocenters. The van der Waals surface area contributed by atoms with Gasteiger partial charge in [-0.05, 0) is 24.0 Å². The lowest BCUT2D eigenvalue weighted by atomic mass is 9.90. The van der Waals surface area contributed by atoms with Crippen LogP contribution in [0.3, 0.4) is 0 Å². The standard InChI is InChI=1S/C13H18N2O3/c1-4-13(2,3)8-15-11(16)9-5-6-14-10(7-9)12(17)18/h5-7H,4,8H2,1-3H3,(H,15,16)(H,17,18). The zero-order chi connectivity index (χ0) is 13.8. The number of carboxylic acids is 1. The molecule has 0 aliphatic rings. The van der Waals surface area contributed by atoms with E-state index in [-0.39, 0.29) is 17.0 Å². The molecular formula is C13H18N2O3. The van der Waals surface area contributed by atoms with Crippen LogP contribution in [-0.4, -0.2) is 28.5 Å². The molecule has 0 saturated carbocycles. The van der Waals surface area contributed by atoms with Gasteiger partial charge in [0.1, 0.15) is 5.69 Å². The summed E-state index contributed by atoms with van der Waals surface area (Å²) in [6, 6.07) is 2.78. The van der Waals surface area contributed by atoms with E-state index in [1.165, 1.54) is 18.3 Å². The van der Waals surface area contributed by atoms with Crippen molar-refractivity contribution in [3.63, 3.8) is 0 Å². The molecule has 5 heteroatoms. The van der Waals surface area contributed by atoms with Crippen molar-refractivity contribution >= 4 is 11.9 Å². The zero-order valence-corrected chi connectivity index (χ0v) is 10.9. The SMILES string of the molecule is CCC(C)(C)CNC(=O)c1ccnc(C(=O)O)c1.